The van der Waals surface area contributed by atoms with E-state index in [4.69, 9.17) is 30.5 Å². The van der Waals surface area contributed by atoms with Gasteiger partial charge >= 0.3 is 5.97 Å². The Morgan fingerprint density at radius 1 is 0.962 bits per heavy atom. The number of carbonyl (C=O) groups is 1. The van der Waals surface area contributed by atoms with Crippen molar-refractivity contribution in [2.75, 3.05) is 39.9 Å². The van der Waals surface area contributed by atoms with E-state index in [1.807, 2.05) is 24.3 Å². The van der Waals surface area contributed by atoms with E-state index in [-0.39, 0.29) is 25.9 Å². The Morgan fingerprint density at radius 2 is 1.72 bits per heavy atom. The molecule has 2 aliphatic rings. The summed E-state index contributed by atoms with van der Waals surface area (Å²) in [7, 11) is 1.33. The van der Waals surface area contributed by atoms with Gasteiger partial charge in [-0.2, -0.15) is 5.26 Å². The zero-order valence-corrected chi connectivity index (χ0v) is 31.0. The number of pyridine rings is 1. The SMILES string of the molecule is COC(=O)C1CN=C(c2cc(Cl)c(OCc3cccc(-c4cccc(OCCCN5CCC(O)CC5)c4C)c3C)cc2OCc2cncc(C#N)c2)N1. The number of benzene rings is 3. The molecule has 1 unspecified atom stereocenters. The van der Waals surface area contributed by atoms with Gasteiger partial charge in [0.2, 0.25) is 0 Å². The van der Waals surface area contributed by atoms with Crippen molar-refractivity contribution >= 4 is 23.4 Å². The second-order valence-electron chi connectivity index (χ2n) is 13.3. The first-order valence-corrected chi connectivity index (χ1v) is 18.2. The number of rotatable bonds is 14. The molecule has 0 bridgehead atoms. The normalized spacial score (nSPS) is 16.0. The van der Waals surface area contributed by atoms with Gasteiger partial charge in [-0.1, -0.05) is 41.9 Å². The van der Waals surface area contributed by atoms with Crippen LogP contribution in [-0.4, -0.2) is 78.8 Å². The van der Waals surface area contributed by atoms with E-state index in [0.717, 1.165) is 72.5 Å². The lowest BCUT2D eigenvalue weighted by Crippen LogP contribution is -2.38. The smallest absolute Gasteiger partial charge is 0.330 e. The van der Waals surface area contributed by atoms with Crippen LogP contribution in [0, 0.1) is 25.2 Å². The molecule has 3 aromatic carbocycles. The third-order valence-electron chi connectivity index (χ3n) is 9.67. The molecule has 12 heteroatoms. The number of nitrogens with one attached hydrogen (secondary N) is 1. The van der Waals surface area contributed by atoms with E-state index in [0.29, 0.717) is 45.7 Å². The molecule has 53 heavy (non-hydrogen) atoms. The molecular formula is C41H44ClN5O6. The maximum Gasteiger partial charge on any atom is 0.330 e. The van der Waals surface area contributed by atoms with Crippen LogP contribution in [0.15, 0.2) is 72.0 Å². The molecule has 0 spiro atoms. The zero-order chi connectivity index (χ0) is 37.3. The highest BCUT2D eigenvalue weighted by atomic mass is 35.5. The predicted octanol–water partition coefficient (Wildman–Crippen LogP) is 6.17. The number of aliphatic imine (C=N–C) groups is 1. The highest BCUT2D eigenvalue weighted by Gasteiger charge is 2.28. The van der Waals surface area contributed by atoms with Crippen molar-refractivity contribution in [3.05, 3.63) is 105 Å². The average Bonchev–Trinajstić information content (AvgIpc) is 3.67. The molecule has 6 rings (SSSR count). The quantitative estimate of drug-likeness (QED) is 0.114. The van der Waals surface area contributed by atoms with Crippen molar-refractivity contribution in [1.29, 1.82) is 5.26 Å². The highest BCUT2D eigenvalue weighted by molar-refractivity contribution is 6.32. The van der Waals surface area contributed by atoms with Crippen molar-refractivity contribution in [3.63, 3.8) is 0 Å². The largest absolute Gasteiger partial charge is 0.493 e. The van der Waals surface area contributed by atoms with Gasteiger partial charge in [0.1, 0.15) is 48.4 Å². The van der Waals surface area contributed by atoms with Gasteiger partial charge in [0.25, 0.3) is 0 Å². The Kier molecular flexibility index (Phi) is 12.5. The Hall–Kier alpha value is -5.15. The maximum atomic E-state index is 12.2. The molecule has 4 aromatic rings. The summed E-state index contributed by atoms with van der Waals surface area (Å²) in [5.74, 6) is 1.73. The molecule has 0 radical (unpaired) electrons. The summed E-state index contributed by atoms with van der Waals surface area (Å²) in [4.78, 5) is 23.2. The summed E-state index contributed by atoms with van der Waals surface area (Å²) in [5, 5.41) is 22.6. The molecule has 2 N–H and O–H groups in total. The number of esters is 1. The molecular weight excluding hydrogens is 694 g/mol. The summed E-state index contributed by atoms with van der Waals surface area (Å²) >= 11 is 6.81. The van der Waals surface area contributed by atoms with Crippen LogP contribution >= 0.6 is 11.6 Å². The summed E-state index contributed by atoms with van der Waals surface area (Å²) in [6.07, 6.45) is 5.56. The van der Waals surface area contributed by atoms with E-state index >= 15 is 0 Å². The molecule has 276 valence electrons. The van der Waals surface area contributed by atoms with Gasteiger partial charge in [-0.25, -0.2) is 4.79 Å². The average molecular weight is 738 g/mol. The van der Waals surface area contributed by atoms with Crippen LogP contribution in [0.3, 0.4) is 0 Å². The van der Waals surface area contributed by atoms with E-state index in [1.165, 1.54) is 13.3 Å². The number of amidine groups is 1. The number of hydrogen-bond donors (Lipinski definition) is 2. The second-order valence-corrected chi connectivity index (χ2v) is 13.7. The first kappa shape index (κ1) is 37.6. The monoisotopic (exact) mass is 737 g/mol. The molecule has 0 amide bonds. The predicted molar refractivity (Wildman–Crippen MR) is 203 cm³/mol. The highest BCUT2D eigenvalue weighted by Crippen LogP contribution is 2.37. The number of methoxy groups -OCH3 is 1. The van der Waals surface area contributed by atoms with Gasteiger partial charge in [-0.05, 0) is 79.1 Å². The van der Waals surface area contributed by atoms with Crippen LogP contribution in [0.1, 0.15) is 52.6 Å². The number of aliphatic hydroxyl groups is 1. The summed E-state index contributed by atoms with van der Waals surface area (Å²) in [6, 6.07) is 18.9. The fourth-order valence-corrected chi connectivity index (χ4v) is 6.80. The van der Waals surface area contributed by atoms with E-state index in [1.54, 1.807) is 24.4 Å². The van der Waals surface area contributed by atoms with Crippen LogP contribution in [0.25, 0.3) is 11.1 Å². The van der Waals surface area contributed by atoms with Gasteiger partial charge in [0, 0.05) is 43.7 Å². The summed E-state index contributed by atoms with van der Waals surface area (Å²) in [5.41, 5.74) is 7.01. The molecule has 1 fully saturated rings. The van der Waals surface area contributed by atoms with Crippen molar-refractivity contribution in [2.45, 2.75) is 58.5 Å². The Morgan fingerprint density at radius 3 is 2.49 bits per heavy atom. The van der Waals surface area contributed by atoms with E-state index in [9.17, 15) is 15.2 Å². The van der Waals surface area contributed by atoms with Crippen LogP contribution in [-0.2, 0) is 22.7 Å². The first-order valence-electron chi connectivity index (χ1n) is 17.8. The van der Waals surface area contributed by atoms with Crippen molar-refractivity contribution < 1.29 is 28.8 Å². The molecule has 3 heterocycles. The topological polar surface area (TPSA) is 139 Å². The zero-order valence-electron chi connectivity index (χ0n) is 30.2. The maximum absolute atomic E-state index is 12.2. The molecule has 1 aromatic heterocycles. The Bertz CT molecular complexity index is 2010. The number of nitrogens with zero attached hydrogens (tertiary/aromatic N) is 4. The van der Waals surface area contributed by atoms with Crippen LogP contribution < -0.4 is 19.5 Å². The number of hydrogen-bond acceptors (Lipinski definition) is 11. The minimum absolute atomic E-state index is 0.122. The van der Waals surface area contributed by atoms with Crippen LogP contribution in [0.2, 0.25) is 5.02 Å². The second kappa shape index (κ2) is 17.6. The first-order chi connectivity index (χ1) is 25.7. The van der Waals surface area contributed by atoms with Crippen molar-refractivity contribution in [2.24, 2.45) is 4.99 Å². The van der Waals surface area contributed by atoms with Crippen molar-refractivity contribution in [3.8, 4) is 34.4 Å². The molecule has 1 atom stereocenters. The lowest BCUT2D eigenvalue weighted by Gasteiger charge is -2.29. The molecule has 11 nitrogen and oxygen atoms in total. The number of aliphatic hydroxyl groups excluding tert-OH is 1. The Labute approximate surface area is 315 Å². The molecule has 0 saturated carbocycles. The minimum Gasteiger partial charge on any atom is -0.493 e. The standard InChI is InChI=1S/C41H44ClN5O6/c1-26-30(7-4-8-32(26)33-9-5-10-37(27(33)2)51-16-6-13-47-14-11-31(48)12-15-47)25-53-39-19-38(52-24-29-17-28(20-43)21-44-22-29)34(18-35(39)42)40-45-23-36(46-40)41(49)50-3/h4-5,7-10,17-19,21-22,31,36,48H,6,11-16,23-25H2,1-3H3,(H,45,46). The number of ether oxygens (including phenoxy) is 4. The van der Waals surface area contributed by atoms with Gasteiger partial charge < -0.3 is 34.3 Å². The fourth-order valence-electron chi connectivity index (χ4n) is 6.58. The summed E-state index contributed by atoms with van der Waals surface area (Å²) in [6.45, 7) is 8.21. The number of likely N-dealkylation sites (tertiary alicyclic amines) is 1. The van der Waals surface area contributed by atoms with Gasteiger partial charge in [0.15, 0.2) is 0 Å². The van der Waals surface area contributed by atoms with Crippen LogP contribution in [0.4, 0.5) is 0 Å². The number of carbonyl (C=O) groups excluding carboxylic acids is 1. The molecule has 0 aliphatic carbocycles. The van der Waals surface area contributed by atoms with Gasteiger partial charge in [-0.3, -0.25) is 9.98 Å². The van der Waals surface area contributed by atoms with Crippen molar-refractivity contribution in [1.82, 2.24) is 15.2 Å². The third kappa shape index (κ3) is 9.27. The van der Waals surface area contributed by atoms with Crippen LogP contribution in [0.5, 0.6) is 17.2 Å². The summed E-state index contributed by atoms with van der Waals surface area (Å²) < 4.78 is 23.8. The minimum atomic E-state index is -0.624. The number of aromatic nitrogens is 1. The lowest BCUT2D eigenvalue weighted by molar-refractivity contribution is -0.142. The number of halogens is 1. The fraction of sp³-hybridized carbons (Fsp3) is 0.366. The number of piperidine rings is 1. The van der Waals surface area contributed by atoms with Gasteiger partial charge in [0.05, 0.1) is 42.5 Å². The number of nitriles is 1. The third-order valence-corrected chi connectivity index (χ3v) is 9.97. The molecule has 1 saturated heterocycles. The van der Waals surface area contributed by atoms with E-state index < -0.39 is 12.0 Å². The van der Waals surface area contributed by atoms with Gasteiger partial charge in [-0.15, -0.1) is 0 Å². The van der Waals surface area contributed by atoms with E-state index in [2.05, 4.69) is 52.2 Å². The Balaban J connectivity index is 1.17. The lowest BCUT2D eigenvalue weighted by atomic mass is 9.93. The molecule has 2 aliphatic heterocycles.